The molecular weight excluding hydrogens is 384 g/mol. The van der Waals surface area contributed by atoms with Gasteiger partial charge in [0.05, 0.1) is 10.6 Å². The first kappa shape index (κ1) is 19.0. The molecule has 0 fully saturated rings. The zero-order chi connectivity index (χ0) is 20.3. The first-order valence-electron chi connectivity index (χ1n) is 9.10. The summed E-state index contributed by atoms with van der Waals surface area (Å²) in [5.41, 5.74) is 4.39. The fourth-order valence-electron chi connectivity index (χ4n) is 3.12. The van der Waals surface area contributed by atoms with Gasteiger partial charge in [-0.3, -0.25) is 9.67 Å². The third-order valence-corrected chi connectivity index (χ3v) is 6.03. The molecule has 0 radical (unpaired) electrons. The van der Waals surface area contributed by atoms with Crippen LogP contribution >= 0.6 is 0 Å². The summed E-state index contributed by atoms with van der Waals surface area (Å²) < 4.78 is 30.0. The number of benzene rings is 2. The van der Waals surface area contributed by atoms with Gasteiger partial charge in [0, 0.05) is 37.7 Å². The molecule has 6 nitrogen and oxygen atoms in total. The minimum absolute atomic E-state index is 0.149. The van der Waals surface area contributed by atoms with Crippen LogP contribution in [0.25, 0.3) is 22.4 Å². The molecule has 4 aromatic rings. The van der Waals surface area contributed by atoms with Crippen molar-refractivity contribution in [3.05, 3.63) is 90.9 Å². The summed E-state index contributed by atoms with van der Waals surface area (Å²) in [6.45, 7) is 0.149. The first-order chi connectivity index (χ1) is 14.0. The molecule has 0 aliphatic rings. The molecule has 0 aliphatic heterocycles. The molecule has 2 aromatic heterocycles. The van der Waals surface area contributed by atoms with E-state index in [0.29, 0.717) is 0 Å². The van der Waals surface area contributed by atoms with E-state index in [1.165, 1.54) is 0 Å². The zero-order valence-corrected chi connectivity index (χ0v) is 16.7. The van der Waals surface area contributed by atoms with Gasteiger partial charge in [-0.15, -0.1) is 0 Å². The monoisotopic (exact) mass is 404 g/mol. The normalized spacial score (nSPS) is 11.5. The van der Waals surface area contributed by atoms with Gasteiger partial charge < -0.3 is 0 Å². The summed E-state index contributed by atoms with van der Waals surface area (Å²) in [5.74, 6) is 0. The van der Waals surface area contributed by atoms with Gasteiger partial charge in [-0.1, -0.05) is 42.5 Å². The van der Waals surface area contributed by atoms with E-state index in [0.717, 1.165) is 27.9 Å². The minimum atomic E-state index is -3.66. The Morgan fingerprint density at radius 2 is 1.69 bits per heavy atom. The van der Waals surface area contributed by atoms with Crippen molar-refractivity contribution in [1.82, 2.24) is 19.5 Å². The van der Waals surface area contributed by atoms with Gasteiger partial charge >= 0.3 is 0 Å². The molecular formula is C22H20N4O2S. The number of hydrogen-bond acceptors (Lipinski definition) is 4. The third-order valence-electron chi connectivity index (χ3n) is 4.63. The molecule has 0 atom stereocenters. The molecule has 0 saturated heterocycles. The predicted octanol–water partition coefficient (Wildman–Crippen LogP) is 3.63. The van der Waals surface area contributed by atoms with E-state index >= 15 is 0 Å². The topological polar surface area (TPSA) is 76.9 Å². The lowest BCUT2D eigenvalue weighted by atomic mass is 10.1. The van der Waals surface area contributed by atoms with Gasteiger partial charge in [0.2, 0.25) is 10.0 Å². The van der Waals surface area contributed by atoms with E-state index in [4.69, 9.17) is 0 Å². The largest absolute Gasteiger partial charge is 0.268 e. The first-order valence-corrected chi connectivity index (χ1v) is 10.6. The molecule has 29 heavy (non-hydrogen) atoms. The SMILES string of the molecule is Cn1nccc1-c1cncc(CNS(=O)(=O)c2cccc(-c3ccccc3)c2)c1. The molecule has 2 heterocycles. The van der Waals surface area contributed by atoms with Crippen LogP contribution in [-0.2, 0) is 23.6 Å². The predicted molar refractivity (Wildman–Crippen MR) is 112 cm³/mol. The van der Waals surface area contributed by atoms with Crippen LogP contribution in [0.3, 0.4) is 0 Å². The van der Waals surface area contributed by atoms with Crippen molar-refractivity contribution in [2.75, 3.05) is 0 Å². The summed E-state index contributed by atoms with van der Waals surface area (Å²) >= 11 is 0. The summed E-state index contributed by atoms with van der Waals surface area (Å²) in [6, 6.07) is 20.4. The highest BCUT2D eigenvalue weighted by atomic mass is 32.2. The lowest BCUT2D eigenvalue weighted by molar-refractivity contribution is 0.581. The molecule has 0 saturated carbocycles. The van der Waals surface area contributed by atoms with E-state index in [1.54, 1.807) is 41.5 Å². The van der Waals surface area contributed by atoms with Crippen LogP contribution in [0.15, 0.2) is 90.2 Å². The summed E-state index contributed by atoms with van der Waals surface area (Å²) in [7, 11) is -1.81. The number of rotatable bonds is 6. The highest BCUT2D eigenvalue weighted by Crippen LogP contribution is 2.23. The van der Waals surface area contributed by atoms with Crippen molar-refractivity contribution in [2.45, 2.75) is 11.4 Å². The van der Waals surface area contributed by atoms with Gasteiger partial charge in [0.1, 0.15) is 0 Å². The average molecular weight is 404 g/mol. The van der Waals surface area contributed by atoms with Crippen LogP contribution in [0.1, 0.15) is 5.56 Å². The maximum Gasteiger partial charge on any atom is 0.240 e. The number of sulfonamides is 1. The van der Waals surface area contributed by atoms with Crippen LogP contribution in [0.2, 0.25) is 0 Å². The Morgan fingerprint density at radius 1 is 0.897 bits per heavy atom. The van der Waals surface area contributed by atoms with Crippen LogP contribution in [0.4, 0.5) is 0 Å². The molecule has 0 spiro atoms. The fraction of sp³-hybridized carbons (Fsp3) is 0.0909. The van der Waals surface area contributed by atoms with Crippen molar-refractivity contribution in [2.24, 2.45) is 7.05 Å². The maximum atomic E-state index is 12.8. The van der Waals surface area contributed by atoms with Crippen LogP contribution in [0, 0.1) is 0 Å². The number of hydrogen-bond donors (Lipinski definition) is 1. The number of nitrogens with zero attached hydrogens (tertiary/aromatic N) is 3. The Labute approximate surface area is 169 Å². The third kappa shape index (κ3) is 4.26. The Hall–Kier alpha value is -3.29. The quantitative estimate of drug-likeness (QED) is 0.532. The Bertz CT molecular complexity index is 1230. The van der Waals surface area contributed by atoms with Crippen LogP contribution < -0.4 is 4.72 Å². The summed E-state index contributed by atoms with van der Waals surface area (Å²) in [5, 5.41) is 4.16. The van der Waals surface area contributed by atoms with E-state index in [-0.39, 0.29) is 11.4 Å². The highest BCUT2D eigenvalue weighted by molar-refractivity contribution is 7.89. The summed E-state index contributed by atoms with van der Waals surface area (Å²) in [6.07, 6.45) is 5.10. The molecule has 0 bridgehead atoms. The fourth-order valence-corrected chi connectivity index (χ4v) is 4.18. The smallest absolute Gasteiger partial charge is 0.240 e. The average Bonchev–Trinajstić information content (AvgIpc) is 3.19. The standard InChI is InChI=1S/C22H20N4O2S/c1-26-22(10-11-24-26)20-12-17(14-23-16-20)15-25-29(27,28)21-9-5-8-19(13-21)18-6-3-2-4-7-18/h2-14,16,25H,15H2,1H3. The Balaban J connectivity index is 1.54. The molecule has 4 rings (SSSR count). The molecule has 0 amide bonds. The highest BCUT2D eigenvalue weighted by Gasteiger charge is 2.15. The van der Waals surface area contributed by atoms with Crippen LogP contribution in [0.5, 0.6) is 0 Å². The lowest BCUT2D eigenvalue weighted by Crippen LogP contribution is -2.23. The van der Waals surface area contributed by atoms with E-state index in [1.807, 2.05) is 55.6 Å². The number of aryl methyl sites for hydroxylation is 1. The van der Waals surface area contributed by atoms with Crippen molar-refractivity contribution in [3.63, 3.8) is 0 Å². The maximum absolute atomic E-state index is 12.8. The Kier molecular flexibility index (Phi) is 5.24. The van der Waals surface area contributed by atoms with E-state index in [9.17, 15) is 8.42 Å². The van der Waals surface area contributed by atoms with E-state index < -0.39 is 10.0 Å². The van der Waals surface area contributed by atoms with Gasteiger partial charge in [-0.25, -0.2) is 13.1 Å². The van der Waals surface area contributed by atoms with Crippen LogP contribution in [-0.4, -0.2) is 23.2 Å². The molecule has 0 aliphatic carbocycles. The Morgan fingerprint density at radius 3 is 2.45 bits per heavy atom. The molecule has 1 N–H and O–H groups in total. The van der Waals surface area contributed by atoms with Gasteiger partial charge in [0.15, 0.2) is 0 Å². The summed E-state index contributed by atoms with van der Waals surface area (Å²) in [4.78, 5) is 4.46. The molecule has 0 unspecified atom stereocenters. The zero-order valence-electron chi connectivity index (χ0n) is 15.9. The van der Waals surface area contributed by atoms with Crippen molar-refractivity contribution in [1.29, 1.82) is 0 Å². The second-order valence-electron chi connectivity index (χ2n) is 6.64. The number of pyridine rings is 1. The van der Waals surface area contributed by atoms with Crippen molar-refractivity contribution >= 4 is 10.0 Å². The van der Waals surface area contributed by atoms with Crippen molar-refractivity contribution in [3.8, 4) is 22.4 Å². The van der Waals surface area contributed by atoms with Crippen molar-refractivity contribution < 1.29 is 8.42 Å². The number of nitrogens with one attached hydrogen (secondary N) is 1. The van der Waals surface area contributed by atoms with Gasteiger partial charge in [-0.2, -0.15) is 5.10 Å². The molecule has 7 heteroatoms. The van der Waals surface area contributed by atoms with E-state index in [2.05, 4.69) is 14.8 Å². The minimum Gasteiger partial charge on any atom is -0.268 e. The second kappa shape index (κ2) is 7.98. The molecule has 146 valence electrons. The van der Waals surface area contributed by atoms with Gasteiger partial charge in [-0.05, 0) is 41.0 Å². The second-order valence-corrected chi connectivity index (χ2v) is 8.41. The number of aromatic nitrogens is 3. The van der Waals surface area contributed by atoms with Gasteiger partial charge in [0.25, 0.3) is 0 Å². The lowest BCUT2D eigenvalue weighted by Gasteiger charge is -2.10. The molecule has 2 aromatic carbocycles.